The van der Waals surface area contributed by atoms with Gasteiger partial charge in [0.1, 0.15) is 16.9 Å². The van der Waals surface area contributed by atoms with Crippen molar-refractivity contribution in [1.29, 1.82) is 5.41 Å². The highest BCUT2D eigenvalue weighted by atomic mass is 32.1. The summed E-state index contributed by atoms with van der Waals surface area (Å²) in [5.41, 5.74) is 2.06. The summed E-state index contributed by atoms with van der Waals surface area (Å²) in [4.78, 5) is 14.5. The maximum absolute atomic E-state index is 10.0. The van der Waals surface area contributed by atoms with E-state index in [0.29, 0.717) is 23.9 Å². The molecule has 11 heteroatoms. The van der Waals surface area contributed by atoms with Crippen molar-refractivity contribution in [3.63, 3.8) is 0 Å². The van der Waals surface area contributed by atoms with Gasteiger partial charge in [-0.15, -0.1) is 20.6 Å². The Morgan fingerprint density at radius 2 is 2.08 bits per heavy atom. The molecule has 5 rings (SSSR count). The van der Waals surface area contributed by atoms with E-state index in [4.69, 9.17) is 29.8 Å². The molecule has 2 aliphatic rings. The molecule has 4 unspecified atom stereocenters. The van der Waals surface area contributed by atoms with Crippen molar-refractivity contribution < 1.29 is 14.6 Å². The Morgan fingerprint density at radius 3 is 2.81 bits per heavy atom. The molecule has 3 heterocycles. The van der Waals surface area contributed by atoms with Gasteiger partial charge in [0.15, 0.2) is 11.5 Å². The Morgan fingerprint density at radius 1 is 1.30 bits per heavy atom. The number of hydrogen-bond acceptors (Lipinski definition) is 10. The second kappa shape index (κ2) is 10.0. The number of para-hydroxylation sites is 1. The zero-order valence-electron chi connectivity index (χ0n) is 21.5. The molecular formula is C26H33N6O3PS. The smallest absolute Gasteiger partial charge is 0.225 e. The Balaban J connectivity index is 1.57. The molecule has 9 nitrogen and oxygen atoms in total. The number of aliphatic hydroxyl groups is 1. The summed E-state index contributed by atoms with van der Waals surface area (Å²) in [7, 11) is 2.59. The maximum atomic E-state index is 10.0. The largest absolute Gasteiger partial charge is 0.396 e. The second-order valence-corrected chi connectivity index (χ2v) is 12.1. The molecule has 196 valence electrons. The predicted molar refractivity (Wildman–Crippen MR) is 151 cm³/mol. The summed E-state index contributed by atoms with van der Waals surface area (Å²) in [6.45, 7) is 7.97. The first kappa shape index (κ1) is 26.1. The van der Waals surface area contributed by atoms with Gasteiger partial charge in [0.25, 0.3) is 0 Å². The molecule has 4 atom stereocenters. The second-order valence-electron chi connectivity index (χ2n) is 10.1. The number of aromatic nitrogens is 3. The van der Waals surface area contributed by atoms with Crippen molar-refractivity contribution >= 4 is 48.3 Å². The lowest BCUT2D eigenvalue weighted by Gasteiger charge is -2.31. The number of allylic oxidation sites excluding steroid dienone is 1. The van der Waals surface area contributed by atoms with Crippen LogP contribution in [-0.4, -0.2) is 56.5 Å². The Labute approximate surface area is 222 Å². The molecule has 1 saturated heterocycles. The monoisotopic (exact) mass is 540 g/mol. The number of rotatable bonds is 8. The van der Waals surface area contributed by atoms with E-state index in [1.165, 1.54) is 0 Å². The van der Waals surface area contributed by atoms with Crippen LogP contribution in [0.15, 0.2) is 35.7 Å². The van der Waals surface area contributed by atoms with E-state index >= 15 is 0 Å². The van der Waals surface area contributed by atoms with Crippen LogP contribution in [0.2, 0.25) is 0 Å². The average Bonchev–Trinajstić information content (AvgIpc) is 3.45. The van der Waals surface area contributed by atoms with Crippen LogP contribution in [0, 0.1) is 18.3 Å². The van der Waals surface area contributed by atoms with Gasteiger partial charge in [-0.2, -0.15) is 4.98 Å². The summed E-state index contributed by atoms with van der Waals surface area (Å²) in [5.74, 6) is 0.154. The Hall–Kier alpha value is -2.49. The fourth-order valence-electron chi connectivity index (χ4n) is 5.17. The predicted octanol–water partition coefficient (Wildman–Crippen LogP) is 4.93. The zero-order chi connectivity index (χ0) is 26.4. The van der Waals surface area contributed by atoms with Gasteiger partial charge in [0.2, 0.25) is 5.95 Å². The maximum Gasteiger partial charge on any atom is 0.225 e. The quantitative estimate of drug-likeness (QED) is 0.234. The third kappa shape index (κ3) is 5.26. The van der Waals surface area contributed by atoms with Gasteiger partial charge < -0.3 is 30.6 Å². The number of hydrogen-bond donors (Lipinski definition) is 4. The van der Waals surface area contributed by atoms with Gasteiger partial charge in [0.05, 0.1) is 33.7 Å². The van der Waals surface area contributed by atoms with Gasteiger partial charge in [-0.25, -0.2) is 9.97 Å². The molecule has 1 aliphatic carbocycles. The highest BCUT2D eigenvalue weighted by Crippen LogP contribution is 2.50. The lowest BCUT2D eigenvalue weighted by Crippen LogP contribution is -2.46. The summed E-state index contributed by atoms with van der Waals surface area (Å²) < 4.78 is 13.8. The lowest BCUT2D eigenvalue weighted by molar-refractivity contribution is -0.168. The minimum atomic E-state index is -0.841. The Kier molecular flexibility index (Phi) is 7.06. The van der Waals surface area contributed by atoms with Crippen LogP contribution in [0.3, 0.4) is 0 Å². The SMILES string of the molecule is CC(P)=CC(=N)CNc1nc(C)c(-c2nc3ccccc3s2)c(NC23CCC(CO)C2OC(C)(C)O3)n1. The molecule has 0 radical (unpaired) electrons. The van der Waals surface area contributed by atoms with Gasteiger partial charge in [0, 0.05) is 12.5 Å². The lowest BCUT2D eigenvalue weighted by atomic mass is 10.0. The van der Waals surface area contributed by atoms with Gasteiger partial charge in [-0.3, -0.25) is 0 Å². The fourth-order valence-corrected chi connectivity index (χ4v) is 6.43. The number of anilines is 2. The first-order valence-corrected chi connectivity index (χ1v) is 13.8. The molecule has 4 N–H and O–H groups in total. The molecule has 0 spiro atoms. The van der Waals surface area contributed by atoms with E-state index in [9.17, 15) is 5.11 Å². The Bertz CT molecular complexity index is 1340. The highest BCUT2D eigenvalue weighted by molar-refractivity contribution is 7.22. The number of fused-ring (bicyclic) bond motifs is 2. The van der Waals surface area contributed by atoms with Crippen molar-refractivity contribution in [3.05, 3.63) is 41.3 Å². The minimum Gasteiger partial charge on any atom is -0.396 e. The summed E-state index contributed by atoms with van der Waals surface area (Å²) in [6.07, 6.45) is 2.89. The third-order valence-electron chi connectivity index (χ3n) is 6.61. The molecule has 2 fully saturated rings. The van der Waals surface area contributed by atoms with Crippen molar-refractivity contribution in [2.75, 3.05) is 23.8 Å². The zero-order valence-corrected chi connectivity index (χ0v) is 23.4. The molecule has 3 aromatic rings. The topological polar surface area (TPSA) is 125 Å². The number of thiazole rings is 1. The number of benzene rings is 1. The van der Waals surface area contributed by atoms with E-state index < -0.39 is 11.5 Å². The van der Waals surface area contributed by atoms with Gasteiger partial charge in [-0.1, -0.05) is 17.4 Å². The molecule has 0 amide bonds. The normalized spacial score (nSPS) is 24.9. The van der Waals surface area contributed by atoms with E-state index in [2.05, 4.69) is 25.9 Å². The molecule has 2 aromatic heterocycles. The minimum absolute atomic E-state index is 0.0264. The van der Waals surface area contributed by atoms with E-state index in [1.54, 1.807) is 17.4 Å². The number of aryl methyl sites for hydroxylation is 1. The number of nitrogens with zero attached hydrogens (tertiary/aromatic N) is 3. The first-order chi connectivity index (χ1) is 17.6. The first-order valence-electron chi connectivity index (χ1n) is 12.4. The van der Waals surface area contributed by atoms with Crippen LogP contribution in [0.5, 0.6) is 0 Å². The number of nitrogens with one attached hydrogen (secondary N) is 3. The van der Waals surface area contributed by atoms with E-state index in [-0.39, 0.29) is 25.2 Å². The van der Waals surface area contributed by atoms with E-state index in [0.717, 1.165) is 38.2 Å². The molecule has 0 bridgehead atoms. The van der Waals surface area contributed by atoms with Crippen molar-refractivity contribution in [3.8, 4) is 10.6 Å². The third-order valence-corrected chi connectivity index (χ3v) is 7.83. The van der Waals surface area contributed by atoms with Gasteiger partial charge >= 0.3 is 0 Å². The fraction of sp³-hybridized carbons (Fsp3) is 0.462. The van der Waals surface area contributed by atoms with Crippen LogP contribution in [0.4, 0.5) is 11.8 Å². The molecule has 37 heavy (non-hydrogen) atoms. The molecule has 1 aliphatic heterocycles. The van der Waals surface area contributed by atoms with E-state index in [1.807, 2.05) is 45.9 Å². The molecule has 1 aromatic carbocycles. The average molecular weight is 541 g/mol. The number of ether oxygens (including phenoxy) is 2. The molecular weight excluding hydrogens is 507 g/mol. The summed E-state index contributed by atoms with van der Waals surface area (Å²) in [6, 6.07) is 8.03. The summed E-state index contributed by atoms with van der Waals surface area (Å²) >= 11 is 1.59. The highest BCUT2D eigenvalue weighted by Gasteiger charge is 2.60. The van der Waals surface area contributed by atoms with Crippen LogP contribution in [-0.2, 0) is 9.47 Å². The van der Waals surface area contributed by atoms with Crippen LogP contribution < -0.4 is 10.6 Å². The summed E-state index contributed by atoms with van der Waals surface area (Å²) in [5, 5.41) is 26.8. The molecule has 1 saturated carbocycles. The van der Waals surface area contributed by atoms with Crippen molar-refractivity contribution in [2.45, 2.75) is 58.2 Å². The standard InChI is InChI=1S/C26H33N6O3PS/c1-14(36)11-17(27)12-28-24-29-15(2)20(23-30-18-7-5-6-8-19(18)37-23)22(31-24)32-26-10-9-16(13-33)21(26)34-25(3,4)35-26/h5-8,11,16,21,27,33H,9-10,12-13,36H2,1-4H3,(H2,28,29,31,32). The van der Waals surface area contributed by atoms with Gasteiger partial charge in [-0.05, 0) is 58.7 Å². The van der Waals surface area contributed by atoms with Crippen LogP contribution in [0.25, 0.3) is 20.8 Å². The van der Waals surface area contributed by atoms with Crippen molar-refractivity contribution in [2.24, 2.45) is 5.92 Å². The number of aliphatic hydroxyl groups excluding tert-OH is 1. The van der Waals surface area contributed by atoms with Crippen LogP contribution in [0.1, 0.15) is 39.3 Å². The van der Waals surface area contributed by atoms with Crippen molar-refractivity contribution in [1.82, 2.24) is 15.0 Å². The van der Waals surface area contributed by atoms with Crippen LogP contribution >= 0.6 is 20.6 Å².